The Balaban J connectivity index is 0.000000254. The molecule has 0 aromatic carbocycles. The summed E-state index contributed by atoms with van der Waals surface area (Å²) in [7, 11) is 0. The first kappa shape index (κ1) is 37.1. The normalized spacial score (nSPS) is 19.5. The second kappa shape index (κ2) is 15.0. The van der Waals surface area contributed by atoms with E-state index in [2.05, 4.69) is 31.1 Å². The average Bonchev–Trinajstić information content (AvgIpc) is 3.69. The maximum absolute atomic E-state index is 12.7. The average molecular weight is 645 g/mol. The molecule has 0 amide bonds. The minimum absolute atomic E-state index is 0.00496. The molecule has 2 saturated heterocycles. The number of aromatic nitrogens is 2. The van der Waals surface area contributed by atoms with Gasteiger partial charge in [-0.15, -0.1) is 0 Å². The summed E-state index contributed by atoms with van der Waals surface area (Å²) in [5, 5.41) is 16.9. The Kier molecular flexibility index (Phi) is 12.1. The fourth-order valence-electron chi connectivity index (χ4n) is 5.55. The highest BCUT2D eigenvalue weighted by Crippen LogP contribution is 2.25. The van der Waals surface area contributed by atoms with Crippen LogP contribution >= 0.6 is 0 Å². The van der Waals surface area contributed by atoms with E-state index < -0.39 is 11.6 Å². The molecule has 2 aliphatic rings. The van der Waals surface area contributed by atoms with Crippen LogP contribution in [0.2, 0.25) is 0 Å². The first-order valence-electron chi connectivity index (χ1n) is 16.1. The van der Waals surface area contributed by atoms with Gasteiger partial charge in [0.25, 0.3) is 0 Å². The number of rotatable bonds is 10. The van der Waals surface area contributed by atoms with E-state index in [9.17, 15) is 19.2 Å². The van der Waals surface area contributed by atoms with Crippen molar-refractivity contribution in [3.8, 4) is 0 Å². The Labute approximate surface area is 272 Å². The molecule has 2 fully saturated rings. The van der Waals surface area contributed by atoms with Gasteiger partial charge in [0.1, 0.15) is 17.1 Å². The topological polar surface area (TPSA) is 156 Å². The number of Topliss-reactive ketones (excluding diaryl/α,β-unsaturated/α-hetero) is 2. The van der Waals surface area contributed by atoms with Gasteiger partial charge in [0, 0.05) is 23.0 Å². The Morgan fingerprint density at radius 1 is 0.761 bits per heavy atom. The summed E-state index contributed by atoms with van der Waals surface area (Å²) in [5.41, 5.74) is 0.917. The van der Waals surface area contributed by atoms with E-state index in [1.807, 2.05) is 58.6 Å². The van der Waals surface area contributed by atoms with Crippen LogP contribution < -0.4 is 0 Å². The van der Waals surface area contributed by atoms with Crippen LogP contribution in [-0.4, -0.2) is 92.6 Å². The van der Waals surface area contributed by atoms with E-state index in [4.69, 9.17) is 18.9 Å². The number of carbonyl (C=O) groups is 4. The fourth-order valence-corrected chi connectivity index (χ4v) is 5.55. The van der Waals surface area contributed by atoms with Gasteiger partial charge in [0.05, 0.1) is 49.4 Å². The number of carbonyl (C=O) groups excluding carboxylic acids is 3. The number of hydrogen-bond acceptors (Lipinski definition) is 11. The molecule has 2 aromatic rings. The summed E-state index contributed by atoms with van der Waals surface area (Å²) in [4.78, 5) is 51.5. The maximum Gasteiger partial charge on any atom is 0.320 e. The highest BCUT2D eigenvalue weighted by molar-refractivity contribution is 5.87. The third-order valence-electron chi connectivity index (χ3n) is 7.91. The lowest BCUT2D eigenvalue weighted by Gasteiger charge is -2.25. The zero-order valence-corrected chi connectivity index (χ0v) is 29.0. The molecule has 46 heavy (non-hydrogen) atoms. The van der Waals surface area contributed by atoms with Gasteiger partial charge < -0.3 is 18.9 Å². The number of likely N-dealkylation sites (tertiary alicyclic amines) is 2. The molecule has 0 spiro atoms. The molecule has 256 valence electrons. The number of hydrogen-bond donors (Lipinski definition) is 1. The Hall–Kier alpha value is -3.38. The molecule has 0 bridgehead atoms. The molecular weight excluding hydrogens is 592 g/mol. The Morgan fingerprint density at radius 2 is 1.17 bits per heavy atom. The van der Waals surface area contributed by atoms with Crippen LogP contribution in [0.5, 0.6) is 0 Å². The SMILES string of the molecule is CC(C)(C)OC(=O)CN1CCC[C@H]1C(=O)Cc1cc(C(C)(C)C)no1.CC(C)(C)c1cc(CC(=O)[C@@H]2CCCN2CC(=O)O)on1. The van der Waals surface area contributed by atoms with Crippen molar-refractivity contribution in [2.45, 2.75) is 129 Å². The van der Waals surface area contributed by atoms with Crippen LogP contribution in [0.4, 0.5) is 0 Å². The summed E-state index contributed by atoms with van der Waals surface area (Å²) in [5.74, 6) is 0.0143. The molecule has 12 heteroatoms. The molecule has 2 aliphatic heterocycles. The van der Waals surface area contributed by atoms with Crippen molar-refractivity contribution in [1.29, 1.82) is 0 Å². The number of ether oxygens (including phenoxy) is 1. The van der Waals surface area contributed by atoms with Crippen LogP contribution in [0.3, 0.4) is 0 Å². The standard InChI is InChI=1S/C19H30N2O4.C15H22N2O4/c1-18(2,3)16-11-13(25-20-16)10-15(22)14-8-7-9-21(14)12-17(23)24-19(4,5)6;1-15(2,3)13-8-10(21-16-13)7-12(18)11-5-4-6-17(11)9-14(19)20/h11,14H,7-10,12H2,1-6H3;8,11H,4-7,9H2,1-3H3,(H,19,20)/t14-;11-/m00/s1. The summed E-state index contributed by atoms with van der Waals surface area (Å²) >= 11 is 0. The van der Waals surface area contributed by atoms with Crippen molar-refractivity contribution >= 4 is 23.5 Å². The molecule has 4 rings (SSSR count). The maximum atomic E-state index is 12.7. The van der Waals surface area contributed by atoms with Gasteiger partial charge in [-0.1, -0.05) is 51.9 Å². The molecule has 1 N–H and O–H groups in total. The van der Waals surface area contributed by atoms with Gasteiger partial charge in [-0.3, -0.25) is 29.0 Å². The number of carboxylic acids is 1. The zero-order chi connectivity index (χ0) is 34.4. The number of esters is 1. The highest BCUT2D eigenvalue weighted by atomic mass is 16.6. The van der Waals surface area contributed by atoms with Crippen LogP contribution in [0, 0.1) is 0 Å². The largest absolute Gasteiger partial charge is 0.480 e. The summed E-state index contributed by atoms with van der Waals surface area (Å²) < 4.78 is 15.9. The summed E-state index contributed by atoms with van der Waals surface area (Å²) in [6.45, 7) is 19.2. The van der Waals surface area contributed by atoms with Gasteiger partial charge >= 0.3 is 11.9 Å². The van der Waals surface area contributed by atoms with Crippen molar-refractivity contribution in [3.05, 3.63) is 35.0 Å². The van der Waals surface area contributed by atoms with Gasteiger partial charge in [0.2, 0.25) is 0 Å². The van der Waals surface area contributed by atoms with Gasteiger partial charge in [-0.2, -0.15) is 0 Å². The van der Waals surface area contributed by atoms with Crippen molar-refractivity contribution in [2.24, 2.45) is 0 Å². The predicted octanol–water partition coefficient (Wildman–Crippen LogP) is 4.52. The van der Waals surface area contributed by atoms with Crippen LogP contribution in [0.15, 0.2) is 21.2 Å². The van der Waals surface area contributed by atoms with Crippen LogP contribution in [0.25, 0.3) is 0 Å². The quantitative estimate of drug-likeness (QED) is 0.361. The smallest absolute Gasteiger partial charge is 0.320 e. The van der Waals surface area contributed by atoms with Crippen molar-refractivity contribution in [3.63, 3.8) is 0 Å². The van der Waals surface area contributed by atoms with Crippen molar-refractivity contribution < 1.29 is 38.1 Å². The van der Waals surface area contributed by atoms with Crippen molar-refractivity contribution in [1.82, 2.24) is 20.1 Å². The fraction of sp³-hybridized carbons (Fsp3) is 0.706. The van der Waals surface area contributed by atoms with Crippen LogP contribution in [-0.2, 0) is 47.6 Å². The third-order valence-corrected chi connectivity index (χ3v) is 7.91. The number of aliphatic carboxylic acids is 1. The van der Waals surface area contributed by atoms with E-state index in [0.29, 0.717) is 24.5 Å². The molecule has 2 atom stereocenters. The second-order valence-electron chi connectivity index (χ2n) is 15.4. The summed E-state index contributed by atoms with van der Waals surface area (Å²) in [6.07, 6.45) is 3.62. The number of carboxylic acid groups (broad SMARTS) is 1. The molecule has 4 heterocycles. The first-order chi connectivity index (χ1) is 21.2. The number of ketones is 2. The molecule has 12 nitrogen and oxygen atoms in total. The van der Waals surface area contributed by atoms with E-state index in [0.717, 1.165) is 37.2 Å². The first-order valence-corrected chi connectivity index (χ1v) is 16.1. The minimum Gasteiger partial charge on any atom is -0.480 e. The minimum atomic E-state index is -0.899. The molecule has 0 aliphatic carbocycles. The van der Waals surface area contributed by atoms with E-state index in [1.165, 1.54) is 0 Å². The lowest BCUT2D eigenvalue weighted by molar-refractivity contribution is -0.156. The number of nitrogens with zero attached hydrogens (tertiary/aromatic N) is 4. The lowest BCUT2D eigenvalue weighted by atomic mass is 9.92. The van der Waals surface area contributed by atoms with E-state index in [-0.39, 0.29) is 66.4 Å². The lowest BCUT2D eigenvalue weighted by Crippen LogP contribution is -2.41. The highest BCUT2D eigenvalue weighted by Gasteiger charge is 2.34. The van der Waals surface area contributed by atoms with Gasteiger partial charge in [-0.25, -0.2) is 0 Å². The Morgan fingerprint density at radius 3 is 1.52 bits per heavy atom. The second-order valence-corrected chi connectivity index (χ2v) is 15.4. The molecule has 0 radical (unpaired) electrons. The van der Waals surface area contributed by atoms with E-state index >= 15 is 0 Å². The van der Waals surface area contributed by atoms with E-state index in [1.54, 1.807) is 4.90 Å². The van der Waals surface area contributed by atoms with Gasteiger partial charge in [-0.05, 0) is 59.5 Å². The zero-order valence-electron chi connectivity index (χ0n) is 29.0. The monoisotopic (exact) mass is 644 g/mol. The molecule has 0 saturated carbocycles. The summed E-state index contributed by atoms with van der Waals surface area (Å²) in [6, 6.07) is 3.10. The Bertz CT molecular complexity index is 1360. The molecule has 0 unspecified atom stereocenters. The molecular formula is C34H52N4O8. The predicted molar refractivity (Wildman–Crippen MR) is 170 cm³/mol. The third kappa shape index (κ3) is 11.2. The van der Waals surface area contributed by atoms with Crippen molar-refractivity contribution in [2.75, 3.05) is 26.2 Å². The molecule has 2 aromatic heterocycles. The van der Waals surface area contributed by atoms with Crippen LogP contribution in [0.1, 0.15) is 111 Å². The van der Waals surface area contributed by atoms with Gasteiger partial charge in [0.15, 0.2) is 11.6 Å².